The smallest absolute Gasteiger partial charge is 0.128 e. The molecule has 1 aromatic rings. The fraction of sp³-hybridized carbons (Fsp3) is 0.455. The number of fused-ring (bicyclic) bond motifs is 1. The molecular formula is C11H13BrFNS. The van der Waals surface area contributed by atoms with E-state index in [9.17, 15) is 4.39 Å². The molecule has 0 bridgehead atoms. The van der Waals surface area contributed by atoms with Crippen molar-refractivity contribution in [3.05, 3.63) is 33.5 Å². The van der Waals surface area contributed by atoms with E-state index in [0.29, 0.717) is 0 Å². The van der Waals surface area contributed by atoms with Crippen LogP contribution in [0.4, 0.5) is 4.39 Å². The van der Waals surface area contributed by atoms with Gasteiger partial charge in [-0.05, 0) is 24.2 Å². The second-order valence-corrected chi connectivity index (χ2v) is 5.43. The standard InChI is InChI=1S/C11H13BrFNS/c1-2-14-10-6-15-5-7-8(12)3-4-9(13)11(7)10/h3-4,10,14H,2,5-6H2,1H3. The van der Waals surface area contributed by atoms with Crippen molar-refractivity contribution < 1.29 is 4.39 Å². The van der Waals surface area contributed by atoms with Crippen LogP contribution >= 0.6 is 27.7 Å². The number of halogens is 2. The van der Waals surface area contributed by atoms with Crippen LogP contribution in [-0.4, -0.2) is 12.3 Å². The highest BCUT2D eigenvalue weighted by Gasteiger charge is 2.24. The van der Waals surface area contributed by atoms with E-state index in [1.54, 1.807) is 12.1 Å². The first-order valence-electron chi connectivity index (χ1n) is 5.02. The third-order valence-corrected chi connectivity index (χ3v) is 4.38. The molecule has 82 valence electrons. The highest BCUT2D eigenvalue weighted by Crippen LogP contribution is 2.37. The number of thioether (sulfide) groups is 1. The summed E-state index contributed by atoms with van der Waals surface area (Å²) in [6.45, 7) is 2.92. The second kappa shape index (κ2) is 4.85. The topological polar surface area (TPSA) is 12.0 Å². The van der Waals surface area contributed by atoms with Gasteiger partial charge in [0.05, 0.1) is 0 Å². The first kappa shape index (κ1) is 11.4. The Morgan fingerprint density at radius 2 is 2.40 bits per heavy atom. The lowest BCUT2D eigenvalue weighted by Crippen LogP contribution is -2.27. The van der Waals surface area contributed by atoms with Crippen LogP contribution in [-0.2, 0) is 5.75 Å². The van der Waals surface area contributed by atoms with Crippen LogP contribution in [0.2, 0.25) is 0 Å². The summed E-state index contributed by atoms with van der Waals surface area (Å²) in [7, 11) is 0. The van der Waals surface area contributed by atoms with E-state index >= 15 is 0 Å². The predicted octanol–water partition coefficient (Wildman–Crippen LogP) is 3.49. The van der Waals surface area contributed by atoms with Gasteiger partial charge in [0.25, 0.3) is 0 Å². The van der Waals surface area contributed by atoms with Crippen LogP contribution < -0.4 is 5.32 Å². The average molecular weight is 290 g/mol. The molecule has 1 heterocycles. The third-order valence-electron chi connectivity index (χ3n) is 2.58. The fourth-order valence-corrected chi connectivity index (χ4v) is 3.73. The largest absolute Gasteiger partial charge is 0.309 e. The van der Waals surface area contributed by atoms with Crippen LogP contribution in [0.25, 0.3) is 0 Å². The zero-order valence-electron chi connectivity index (χ0n) is 8.52. The summed E-state index contributed by atoms with van der Waals surface area (Å²) >= 11 is 5.34. The van der Waals surface area contributed by atoms with Gasteiger partial charge < -0.3 is 5.32 Å². The number of hydrogen-bond acceptors (Lipinski definition) is 2. The van der Waals surface area contributed by atoms with Crippen molar-refractivity contribution in [2.45, 2.75) is 18.7 Å². The minimum atomic E-state index is -0.0838. The summed E-state index contributed by atoms with van der Waals surface area (Å²) in [6, 6.07) is 3.49. The molecule has 4 heteroatoms. The van der Waals surface area contributed by atoms with Crippen molar-refractivity contribution >= 4 is 27.7 Å². The molecule has 0 radical (unpaired) electrons. The van der Waals surface area contributed by atoms with E-state index < -0.39 is 0 Å². The lowest BCUT2D eigenvalue weighted by molar-refractivity contribution is 0.538. The third kappa shape index (κ3) is 2.22. The van der Waals surface area contributed by atoms with Crippen LogP contribution in [0.3, 0.4) is 0 Å². The predicted molar refractivity (Wildman–Crippen MR) is 66.7 cm³/mol. The lowest BCUT2D eigenvalue weighted by Gasteiger charge is -2.27. The van der Waals surface area contributed by atoms with Crippen LogP contribution in [0.15, 0.2) is 16.6 Å². The number of benzene rings is 1. The summed E-state index contributed by atoms with van der Waals surface area (Å²) in [5.41, 5.74) is 1.96. The lowest BCUT2D eigenvalue weighted by atomic mass is 10.0. The first-order valence-corrected chi connectivity index (χ1v) is 6.96. The number of nitrogens with one attached hydrogen (secondary N) is 1. The molecule has 0 aliphatic carbocycles. The molecule has 0 saturated heterocycles. The van der Waals surface area contributed by atoms with Gasteiger partial charge in [0, 0.05) is 27.6 Å². The van der Waals surface area contributed by atoms with Gasteiger partial charge in [0.15, 0.2) is 0 Å². The highest BCUT2D eigenvalue weighted by molar-refractivity contribution is 9.10. The summed E-state index contributed by atoms with van der Waals surface area (Å²) in [5.74, 6) is 1.77. The normalized spacial score (nSPS) is 20.1. The minimum Gasteiger partial charge on any atom is -0.309 e. The van der Waals surface area contributed by atoms with Crippen molar-refractivity contribution in [3.8, 4) is 0 Å². The molecule has 1 aliphatic rings. The number of rotatable bonds is 2. The van der Waals surface area contributed by atoms with Crippen molar-refractivity contribution in [3.63, 3.8) is 0 Å². The molecule has 1 aliphatic heterocycles. The minimum absolute atomic E-state index is 0.0838. The molecule has 2 rings (SSSR count). The van der Waals surface area contributed by atoms with E-state index in [2.05, 4.69) is 28.2 Å². The number of hydrogen-bond donors (Lipinski definition) is 1. The summed E-state index contributed by atoms with van der Waals surface area (Å²) in [4.78, 5) is 0. The Labute approximate surface area is 102 Å². The Bertz CT molecular complexity index is 370. The maximum atomic E-state index is 13.8. The van der Waals surface area contributed by atoms with Crippen LogP contribution in [0.5, 0.6) is 0 Å². The van der Waals surface area contributed by atoms with E-state index in [4.69, 9.17) is 0 Å². The zero-order chi connectivity index (χ0) is 10.8. The quantitative estimate of drug-likeness (QED) is 0.895. The molecule has 1 N–H and O–H groups in total. The molecule has 15 heavy (non-hydrogen) atoms. The molecule has 0 saturated carbocycles. The van der Waals surface area contributed by atoms with E-state index in [1.165, 1.54) is 0 Å². The molecular weight excluding hydrogens is 277 g/mol. The van der Waals surface area contributed by atoms with Crippen LogP contribution in [0, 0.1) is 5.82 Å². The monoisotopic (exact) mass is 289 g/mol. The molecule has 0 amide bonds. The Morgan fingerprint density at radius 1 is 1.60 bits per heavy atom. The maximum absolute atomic E-state index is 13.8. The zero-order valence-corrected chi connectivity index (χ0v) is 10.9. The molecule has 1 aromatic carbocycles. The van der Waals surface area contributed by atoms with Crippen molar-refractivity contribution in [2.75, 3.05) is 12.3 Å². The van der Waals surface area contributed by atoms with Gasteiger partial charge in [-0.25, -0.2) is 4.39 Å². The van der Waals surface area contributed by atoms with Gasteiger partial charge >= 0.3 is 0 Å². The molecule has 0 fully saturated rings. The Morgan fingerprint density at radius 3 is 3.13 bits per heavy atom. The van der Waals surface area contributed by atoms with E-state index in [-0.39, 0.29) is 11.9 Å². The summed E-state index contributed by atoms with van der Waals surface area (Å²) in [6.07, 6.45) is 0. The van der Waals surface area contributed by atoms with Crippen molar-refractivity contribution in [2.24, 2.45) is 0 Å². The molecule has 0 aromatic heterocycles. The van der Waals surface area contributed by atoms with E-state index in [0.717, 1.165) is 33.7 Å². The molecule has 1 nitrogen and oxygen atoms in total. The Kier molecular flexibility index (Phi) is 3.69. The van der Waals surface area contributed by atoms with E-state index in [1.807, 2.05) is 11.8 Å². The molecule has 1 unspecified atom stereocenters. The fourth-order valence-electron chi connectivity index (χ4n) is 1.90. The highest BCUT2D eigenvalue weighted by atomic mass is 79.9. The first-order chi connectivity index (χ1) is 7.24. The van der Waals surface area contributed by atoms with Gasteiger partial charge in [-0.3, -0.25) is 0 Å². The second-order valence-electron chi connectivity index (χ2n) is 3.55. The van der Waals surface area contributed by atoms with Gasteiger partial charge in [-0.2, -0.15) is 11.8 Å². The maximum Gasteiger partial charge on any atom is 0.128 e. The van der Waals surface area contributed by atoms with Gasteiger partial charge in [-0.1, -0.05) is 22.9 Å². The SMILES string of the molecule is CCNC1CSCc2c(Br)ccc(F)c21. The molecule has 1 atom stereocenters. The summed E-state index contributed by atoms with van der Waals surface area (Å²) in [5, 5.41) is 3.33. The van der Waals surface area contributed by atoms with Crippen LogP contribution in [0.1, 0.15) is 24.1 Å². The van der Waals surface area contributed by atoms with Crippen molar-refractivity contribution in [1.29, 1.82) is 0 Å². The van der Waals surface area contributed by atoms with Gasteiger partial charge in [0.1, 0.15) is 5.82 Å². The Hall–Kier alpha value is -0.0600. The van der Waals surface area contributed by atoms with Gasteiger partial charge in [-0.15, -0.1) is 0 Å². The average Bonchev–Trinajstić information content (AvgIpc) is 2.24. The summed E-state index contributed by atoms with van der Waals surface area (Å²) < 4.78 is 14.8. The van der Waals surface area contributed by atoms with Gasteiger partial charge in [0.2, 0.25) is 0 Å². The van der Waals surface area contributed by atoms with Crippen molar-refractivity contribution in [1.82, 2.24) is 5.32 Å². The Balaban J connectivity index is 2.45. The molecule has 0 spiro atoms.